The van der Waals surface area contributed by atoms with E-state index >= 15 is 0 Å². The molecule has 2 aliphatic rings. The minimum absolute atomic E-state index is 0.120. The average Bonchev–Trinajstić information content (AvgIpc) is 3.03. The fourth-order valence-corrected chi connectivity index (χ4v) is 2.74. The van der Waals surface area contributed by atoms with Crippen molar-refractivity contribution in [3.05, 3.63) is 0 Å². The second kappa shape index (κ2) is 4.81. The zero-order valence-corrected chi connectivity index (χ0v) is 10.1. The zero-order valence-electron chi connectivity index (χ0n) is 10.1. The molecule has 0 amide bonds. The number of likely N-dealkylation sites (N-methyl/N-ethyl adjacent to an activating group) is 1. The van der Waals surface area contributed by atoms with Gasteiger partial charge in [-0.3, -0.25) is 0 Å². The minimum Gasteiger partial charge on any atom is -0.374 e. The average molecular weight is 212 g/mol. The fourth-order valence-electron chi connectivity index (χ4n) is 2.74. The fraction of sp³-hybridized carbons (Fsp3) is 1.00. The monoisotopic (exact) mass is 212 g/mol. The van der Waals surface area contributed by atoms with E-state index in [1.807, 2.05) is 7.05 Å². The van der Waals surface area contributed by atoms with Crippen LogP contribution in [0.3, 0.4) is 0 Å². The first-order chi connectivity index (χ1) is 7.29. The van der Waals surface area contributed by atoms with Crippen LogP contribution < -0.4 is 5.32 Å². The first kappa shape index (κ1) is 11.4. The van der Waals surface area contributed by atoms with E-state index in [1.54, 1.807) is 0 Å². The Bertz CT molecular complexity index is 188. The van der Waals surface area contributed by atoms with Crippen molar-refractivity contribution in [2.75, 3.05) is 33.3 Å². The van der Waals surface area contributed by atoms with Gasteiger partial charge in [0.15, 0.2) is 0 Å². The zero-order chi connectivity index (χ0) is 10.7. The highest BCUT2D eigenvalue weighted by Crippen LogP contribution is 2.33. The molecular formula is C12H24N2O. The number of nitrogens with one attached hydrogen (secondary N) is 1. The second-order valence-corrected chi connectivity index (χ2v) is 4.91. The van der Waals surface area contributed by atoms with Crippen molar-refractivity contribution >= 4 is 0 Å². The van der Waals surface area contributed by atoms with Crippen LogP contribution in [0.2, 0.25) is 0 Å². The van der Waals surface area contributed by atoms with Crippen LogP contribution in [0.5, 0.6) is 0 Å². The lowest BCUT2D eigenvalue weighted by molar-refractivity contribution is -0.0774. The Hall–Kier alpha value is -0.120. The summed E-state index contributed by atoms with van der Waals surface area (Å²) in [5.74, 6) is 0. The molecule has 1 aliphatic heterocycles. The largest absolute Gasteiger partial charge is 0.374 e. The number of ether oxygens (including phenoxy) is 1. The highest BCUT2D eigenvalue weighted by atomic mass is 16.5. The van der Waals surface area contributed by atoms with Crippen molar-refractivity contribution in [2.24, 2.45) is 0 Å². The van der Waals surface area contributed by atoms with E-state index in [1.165, 1.54) is 38.8 Å². The van der Waals surface area contributed by atoms with Gasteiger partial charge in [-0.25, -0.2) is 0 Å². The summed E-state index contributed by atoms with van der Waals surface area (Å²) < 4.78 is 5.97. The highest BCUT2D eigenvalue weighted by molar-refractivity contribution is 4.94. The molecule has 0 atom stereocenters. The quantitative estimate of drug-likeness (QED) is 0.742. The van der Waals surface area contributed by atoms with E-state index in [0.29, 0.717) is 0 Å². The summed E-state index contributed by atoms with van der Waals surface area (Å²) in [5.41, 5.74) is 0.120. The SMILES string of the molecule is CCOC1(CNC)CCN(C2CC2)CC1. The van der Waals surface area contributed by atoms with Gasteiger partial charge in [0.25, 0.3) is 0 Å². The number of likely N-dealkylation sites (tertiary alicyclic amines) is 1. The molecule has 0 aromatic heterocycles. The number of rotatable bonds is 5. The number of hydrogen-bond acceptors (Lipinski definition) is 3. The molecule has 1 heterocycles. The molecule has 2 rings (SSSR count). The molecular weight excluding hydrogens is 188 g/mol. The van der Waals surface area contributed by atoms with Crippen molar-refractivity contribution in [1.29, 1.82) is 0 Å². The standard InChI is InChI=1S/C12H24N2O/c1-3-15-12(10-13-2)6-8-14(9-7-12)11-4-5-11/h11,13H,3-10H2,1-2H3. The molecule has 1 N–H and O–H groups in total. The number of piperidine rings is 1. The van der Waals surface area contributed by atoms with Crippen LogP contribution in [0.4, 0.5) is 0 Å². The molecule has 1 saturated carbocycles. The van der Waals surface area contributed by atoms with Crippen molar-refractivity contribution in [3.63, 3.8) is 0 Å². The molecule has 0 aromatic carbocycles. The van der Waals surface area contributed by atoms with Gasteiger partial charge in [-0.05, 0) is 39.7 Å². The van der Waals surface area contributed by atoms with E-state index < -0.39 is 0 Å². The molecule has 2 fully saturated rings. The predicted octanol–water partition coefficient (Wildman–Crippen LogP) is 1.24. The lowest BCUT2D eigenvalue weighted by Gasteiger charge is -2.41. The van der Waals surface area contributed by atoms with Gasteiger partial charge in [0.1, 0.15) is 0 Å². The summed E-state index contributed by atoms with van der Waals surface area (Å²) in [6.45, 7) is 6.40. The Morgan fingerprint density at radius 3 is 2.47 bits per heavy atom. The van der Waals surface area contributed by atoms with Crippen LogP contribution in [0.25, 0.3) is 0 Å². The van der Waals surface area contributed by atoms with E-state index in [9.17, 15) is 0 Å². The van der Waals surface area contributed by atoms with Crippen molar-refractivity contribution < 1.29 is 4.74 Å². The molecule has 0 spiro atoms. The third kappa shape index (κ3) is 2.71. The Kier molecular flexibility index (Phi) is 3.65. The van der Waals surface area contributed by atoms with Crippen LogP contribution in [0, 0.1) is 0 Å². The summed E-state index contributed by atoms with van der Waals surface area (Å²) in [6.07, 6.45) is 5.23. The van der Waals surface area contributed by atoms with Crippen molar-refractivity contribution in [2.45, 2.75) is 44.2 Å². The summed E-state index contributed by atoms with van der Waals surface area (Å²) in [4.78, 5) is 2.65. The third-order valence-electron chi connectivity index (χ3n) is 3.72. The first-order valence-electron chi connectivity index (χ1n) is 6.32. The van der Waals surface area contributed by atoms with Gasteiger partial charge in [0.2, 0.25) is 0 Å². The van der Waals surface area contributed by atoms with Gasteiger partial charge in [0, 0.05) is 32.3 Å². The highest BCUT2D eigenvalue weighted by Gasteiger charge is 2.39. The van der Waals surface area contributed by atoms with Crippen LogP contribution in [-0.4, -0.2) is 49.8 Å². The Balaban J connectivity index is 1.85. The molecule has 15 heavy (non-hydrogen) atoms. The van der Waals surface area contributed by atoms with Crippen molar-refractivity contribution in [1.82, 2.24) is 10.2 Å². The Morgan fingerprint density at radius 1 is 1.33 bits per heavy atom. The minimum atomic E-state index is 0.120. The van der Waals surface area contributed by atoms with Gasteiger partial charge in [-0.15, -0.1) is 0 Å². The second-order valence-electron chi connectivity index (χ2n) is 4.91. The topological polar surface area (TPSA) is 24.5 Å². The maximum Gasteiger partial charge on any atom is 0.0830 e. The maximum absolute atomic E-state index is 5.97. The first-order valence-corrected chi connectivity index (χ1v) is 6.32. The van der Waals surface area contributed by atoms with Gasteiger partial charge in [0.05, 0.1) is 5.60 Å². The molecule has 3 nitrogen and oxygen atoms in total. The van der Waals surface area contributed by atoms with Gasteiger partial charge >= 0.3 is 0 Å². The molecule has 0 radical (unpaired) electrons. The third-order valence-corrected chi connectivity index (χ3v) is 3.72. The van der Waals surface area contributed by atoms with E-state index in [4.69, 9.17) is 4.74 Å². The molecule has 1 aliphatic carbocycles. The van der Waals surface area contributed by atoms with E-state index in [0.717, 1.165) is 19.2 Å². The maximum atomic E-state index is 5.97. The van der Waals surface area contributed by atoms with Crippen LogP contribution >= 0.6 is 0 Å². The van der Waals surface area contributed by atoms with Crippen molar-refractivity contribution in [3.8, 4) is 0 Å². The van der Waals surface area contributed by atoms with Gasteiger partial charge in [-0.1, -0.05) is 0 Å². The summed E-state index contributed by atoms with van der Waals surface area (Å²) in [5, 5.41) is 3.28. The molecule has 0 aromatic rings. The number of nitrogens with zero attached hydrogens (tertiary/aromatic N) is 1. The molecule has 1 saturated heterocycles. The van der Waals surface area contributed by atoms with E-state index in [2.05, 4.69) is 17.1 Å². The summed E-state index contributed by atoms with van der Waals surface area (Å²) in [6, 6.07) is 0.916. The Labute approximate surface area is 93.2 Å². The lowest BCUT2D eigenvalue weighted by Crippen LogP contribution is -2.51. The van der Waals surface area contributed by atoms with Gasteiger partial charge < -0.3 is 15.0 Å². The molecule has 0 unspecified atom stereocenters. The Morgan fingerprint density at radius 2 is 2.00 bits per heavy atom. The molecule has 88 valence electrons. The van der Waals surface area contributed by atoms with Crippen LogP contribution in [-0.2, 0) is 4.74 Å². The smallest absolute Gasteiger partial charge is 0.0830 e. The van der Waals surface area contributed by atoms with Crippen LogP contribution in [0.15, 0.2) is 0 Å². The predicted molar refractivity (Wildman–Crippen MR) is 62.1 cm³/mol. The molecule has 0 bridgehead atoms. The number of hydrogen-bond donors (Lipinski definition) is 1. The normalized spacial score (nSPS) is 26.8. The lowest BCUT2D eigenvalue weighted by atomic mass is 9.90. The summed E-state index contributed by atoms with van der Waals surface area (Å²) >= 11 is 0. The summed E-state index contributed by atoms with van der Waals surface area (Å²) in [7, 11) is 2.02. The van der Waals surface area contributed by atoms with E-state index in [-0.39, 0.29) is 5.60 Å². The van der Waals surface area contributed by atoms with Crippen LogP contribution in [0.1, 0.15) is 32.6 Å². The van der Waals surface area contributed by atoms with Gasteiger partial charge in [-0.2, -0.15) is 0 Å². The molecule has 3 heteroatoms.